The van der Waals surface area contributed by atoms with Crippen LogP contribution >= 0.6 is 24.0 Å². The lowest BCUT2D eigenvalue weighted by molar-refractivity contribution is 0.0277. The second-order valence-corrected chi connectivity index (χ2v) is 7.82. The number of aliphatic imine (C=N–C) groups is 1. The monoisotopic (exact) mass is 530 g/mol. The number of hydrogen-bond acceptors (Lipinski definition) is 3. The van der Waals surface area contributed by atoms with Gasteiger partial charge in [-0.3, -0.25) is 9.79 Å². The number of nitrogens with zero attached hydrogens (tertiary/aromatic N) is 1. The number of ether oxygens (including phenoxy) is 1. The predicted octanol–water partition coefficient (Wildman–Crippen LogP) is 4.24. The molecule has 1 aromatic rings. The minimum absolute atomic E-state index is 0. The van der Waals surface area contributed by atoms with Gasteiger partial charge in [0.2, 0.25) is 0 Å². The van der Waals surface area contributed by atoms with Crippen LogP contribution in [-0.4, -0.2) is 44.2 Å². The Morgan fingerprint density at radius 2 is 2.00 bits per heavy atom. The third-order valence-corrected chi connectivity index (χ3v) is 5.38. The van der Waals surface area contributed by atoms with Gasteiger partial charge in [0.1, 0.15) is 0 Å². The van der Waals surface area contributed by atoms with Crippen LogP contribution in [0.3, 0.4) is 0 Å². The molecule has 1 unspecified atom stereocenters. The Kier molecular flexibility index (Phi) is 13.7. The lowest BCUT2D eigenvalue weighted by atomic mass is 9.98. The first-order valence-electron chi connectivity index (χ1n) is 11.1. The van der Waals surface area contributed by atoms with Crippen LogP contribution in [0.4, 0.5) is 0 Å². The molecule has 1 fully saturated rings. The van der Waals surface area contributed by atoms with Crippen LogP contribution in [0.25, 0.3) is 0 Å². The van der Waals surface area contributed by atoms with E-state index in [4.69, 9.17) is 4.74 Å². The fourth-order valence-corrected chi connectivity index (χ4v) is 3.40. The van der Waals surface area contributed by atoms with E-state index in [1.54, 1.807) is 7.05 Å². The van der Waals surface area contributed by atoms with Gasteiger partial charge in [0.05, 0.1) is 6.10 Å². The molecule has 2 rings (SSSR count). The number of benzene rings is 1. The summed E-state index contributed by atoms with van der Waals surface area (Å²) in [4.78, 5) is 16.6. The molecule has 1 amide bonds. The molecule has 0 heterocycles. The quantitative estimate of drug-likeness (QED) is 0.183. The van der Waals surface area contributed by atoms with Gasteiger partial charge in [0.15, 0.2) is 5.96 Å². The summed E-state index contributed by atoms with van der Waals surface area (Å²) in [5, 5.41) is 9.64. The Bertz CT molecular complexity index is 648. The van der Waals surface area contributed by atoms with E-state index in [1.807, 2.05) is 31.2 Å². The zero-order valence-corrected chi connectivity index (χ0v) is 21.0. The normalized spacial score (nSPS) is 15.8. The molecular weight excluding hydrogens is 491 g/mol. The van der Waals surface area contributed by atoms with E-state index in [-0.39, 0.29) is 35.9 Å². The largest absolute Gasteiger partial charge is 0.378 e. The summed E-state index contributed by atoms with van der Waals surface area (Å²) in [6, 6.07) is 7.88. The molecule has 0 bridgehead atoms. The van der Waals surface area contributed by atoms with Crippen molar-refractivity contribution in [2.24, 2.45) is 4.99 Å². The molecule has 1 atom stereocenters. The van der Waals surface area contributed by atoms with E-state index in [0.717, 1.165) is 37.5 Å². The summed E-state index contributed by atoms with van der Waals surface area (Å²) >= 11 is 0. The van der Waals surface area contributed by atoms with Crippen molar-refractivity contribution < 1.29 is 9.53 Å². The molecule has 170 valence electrons. The van der Waals surface area contributed by atoms with Crippen molar-refractivity contribution in [2.75, 3.05) is 20.2 Å². The average molecular weight is 530 g/mol. The number of amides is 1. The highest BCUT2D eigenvalue weighted by Gasteiger charge is 2.13. The third-order valence-electron chi connectivity index (χ3n) is 5.38. The van der Waals surface area contributed by atoms with Crippen LogP contribution in [-0.2, 0) is 11.3 Å². The number of guanidine groups is 1. The molecule has 7 heteroatoms. The molecule has 0 radical (unpaired) electrons. The molecule has 0 saturated heterocycles. The van der Waals surface area contributed by atoms with Crippen molar-refractivity contribution >= 4 is 35.8 Å². The molecule has 30 heavy (non-hydrogen) atoms. The van der Waals surface area contributed by atoms with Crippen molar-refractivity contribution in [3.63, 3.8) is 0 Å². The highest BCUT2D eigenvalue weighted by molar-refractivity contribution is 14.0. The van der Waals surface area contributed by atoms with Gasteiger partial charge >= 0.3 is 0 Å². The third kappa shape index (κ3) is 10.1. The van der Waals surface area contributed by atoms with Crippen molar-refractivity contribution in [1.29, 1.82) is 0 Å². The summed E-state index contributed by atoms with van der Waals surface area (Å²) in [5.41, 5.74) is 1.73. The van der Waals surface area contributed by atoms with Crippen LogP contribution in [0.1, 0.15) is 74.7 Å². The lowest BCUT2D eigenvalue weighted by Crippen LogP contribution is -2.37. The highest BCUT2D eigenvalue weighted by atomic mass is 127. The summed E-state index contributed by atoms with van der Waals surface area (Å²) in [5.74, 6) is 0.735. The first kappa shape index (κ1) is 26.7. The summed E-state index contributed by atoms with van der Waals surface area (Å²) in [6.07, 6.45) is 8.74. The predicted molar refractivity (Wildman–Crippen MR) is 135 cm³/mol. The van der Waals surface area contributed by atoms with Gasteiger partial charge in [-0.1, -0.05) is 38.3 Å². The van der Waals surface area contributed by atoms with Crippen molar-refractivity contribution in [2.45, 2.75) is 77.5 Å². The van der Waals surface area contributed by atoms with E-state index in [9.17, 15) is 4.79 Å². The zero-order valence-electron chi connectivity index (χ0n) is 18.7. The van der Waals surface area contributed by atoms with E-state index >= 15 is 0 Å². The van der Waals surface area contributed by atoms with E-state index in [0.29, 0.717) is 18.2 Å². The summed E-state index contributed by atoms with van der Waals surface area (Å²) < 4.78 is 5.96. The number of carbonyl (C=O) groups excluding carboxylic acids is 1. The van der Waals surface area contributed by atoms with E-state index < -0.39 is 0 Å². The molecule has 1 aliphatic rings. The molecule has 0 aliphatic heterocycles. The molecule has 0 aromatic heterocycles. The number of carbonyl (C=O) groups is 1. The first-order valence-corrected chi connectivity index (χ1v) is 11.1. The van der Waals surface area contributed by atoms with Crippen molar-refractivity contribution in [1.82, 2.24) is 16.0 Å². The minimum atomic E-state index is -0.0262. The molecule has 6 nitrogen and oxygen atoms in total. The van der Waals surface area contributed by atoms with Crippen LogP contribution in [0.15, 0.2) is 29.3 Å². The van der Waals surface area contributed by atoms with Gasteiger partial charge in [-0.15, -0.1) is 24.0 Å². The number of rotatable bonds is 10. The van der Waals surface area contributed by atoms with Crippen LogP contribution < -0.4 is 16.0 Å². The topological polar surface area (TPSA) is 74.8 Å². The second-order valence-electron chi connectivity index (χ2n) is 7.82. The maximum absolute atomic E-state index is 12.3. The molecule has 1 saturated carbocycles. The van der Waals surface area contributed by atoms with E-state index in [2.05, 4.69) is 27.9 Å². The SMILES string of the molecule is CCC(C)NC(=O)c1cccc(CNC(=NC)NCCCOC2CCCCC2)c1.I. The zero-order chi connectivity index (χ0) is 20.9. The Morgan fingerprint density at radius 1 is 1.23 bits per heavy atom. The minimum Gasteiger partial charge on any atom is -0.378 e. The molecule has 1 aliphatic carbocycles. The number of halogens is 1. The van der Waals surface area contributed by atoms with Crippen LogP contribution in [0.5, 0.6) is 0 Å². The van der Waals surface area contributed by atoms with Crippen molar-refractivity contribution in [3.05, 3.63) is 35.4 Å². The maximum atomic E-state index is 12.3. The van der Waals surface area contributed by atoms with Gasteiger partial charge < -0.3 is 20.7 Å². The van der Waals surface area contributed by atoms with Gasteiger partial charge in [-0.25, -0.2) is 0 Å². The molecule has 0 spiro atoms. The fraction of sp³-hybridized carbons (Fsp3) is 0.652. The van der Waals surface area contributed by atoms with Crippen molar-refractivity contribution in [3.8, 4) is 0 Å². The van der Waals surface area contributed by atoms with E-state index in [1.165, 1.54) is 32.1 Å². The van der Waals surface area contributed by atoms with Gasteiger partial charge in [-0.2, -0.15) is 0 Å². The second kappa shape index (κ2) is 15.5. The molecular formula is C23H39IN4O2. The van der Waals surface area contributed by atoms with Crippen LogP contribution in [0.2, 0.25) is 0 Å². The highest BCUT2D eigenvalue weighted by Crippen LogP contribution is 2.20. The Morgan fingerprint density at radius 3 is 2.70 bits per heavy atom. The number of hydrogen-bond donors (Lipinski definition) is 3. The smallest absolute Gasteiger partial charge is 0.251 e. The standard InChI is InChI=1S/C23H38N4O2.HI/c1-4-18(2)27-22(28)20-11-8-10-19(16-20)17-26-23(24-3)25-14-9-15-29-21-12-6-5-7-13-21;/h8,10-11,16,18,21H,4-7,9,12-15,17H2,1-3H3,(H,27,28)(H2,24,25,26);1H. The molecule has 3 N–H and O–H groups in total. The van der Waals surface area contributed by atoms with Crippen LogP contribution in [0, 0.1) is 0 Å². The fourth-order valence-electron chi connectivity index (χ4n) is 3.40. The maximum Gasteiger partial charge on any atom is 0.251 e. The Labute approximate surface area is 199 Å². The first-order chi connectivity index (χ1) is 14.1. The number of nitrogens with one attached hydrogen (secondary N) is 3. The average Bonchev–Trinajstić information content (AvgIpc) is 2.76. The lowest BCUT2D eigenvalue weighted by Gasteiger charge is -2.22. The van der Waals surface area contributed by atoms with Gasteiger partial charge in [0, 0.05) is 38.3 Å². The summed E-state index contributed by atoms with van der Waals surface area (Å²) in [7, 11) is 1.77. The van der Waals surface area contributed by atoms with Gasteiger partial charge in [-0.05, 0) is 50.3 Å². The Balaban J connectivity index is 0.00000450. The molecule has 1 aromatic carbocycles. The Hall–Kier alpha value is -1.35. The van der Waals surface area contributed by atoms with Gasteiger partial charge in [0.25, 0.3) is 5.91 Å². The summed E-state index contributed by atoms with van der Waals surface area (Å²) in [6.45, 7) is 6.31.